The number of hydrogen-bond acceptors (Lipinski definition) is 3. The van der Waals surface area contributed by atoms with Crippen molar-refractivity contribution in [3.63, 3.8) is 0 Å². The van der Waals surface area contributed by atoms with Crippen LogP contribution in [0.15, 0.2) is 35.7 Å². The molecule has 0 aromatic heterocycles. The fraction of sp³-hybridized carbons (Fsp3) is 0.273. The van der Waals surface area contributed by atoms with Gasteiger partial charge in [0.1, 0.15) is 0 Å². The summed E-state index contributed by atoms with van der Waals surface area (Å²) in [6.45, 7) is 0. The maximum atomic E-state index is 12.3. The third kappa shape index (κ3) is 3.04. The van der Waals surface area contributed by atoms with Crippen molar-refractivity contribution >= 4 is 15.5 Å². The predicted molar refractivity (Wildman–Crippen MR) is 61.8 cm³/mol. The van der Waals surface area contributed by atoms with Crippen LogP contribution in [-0.4, -0.2) is 20.2 Å². The van der Waals surface area contributed by atoms with E-state index in [0.717, 1.165) is 17.5 Å². The van der Waals surface area contributed by atoms with Gasteiger partial charge in [-0.15, -0.1) is 0 Å². The maximum Gasteiger partial charge on any atom is 0.416 e. The highest BCUT2D eigenvalue weighted by atomic mass is 32.2. The molecular formula is C11H10F3NO2S. The van der Waals surface area contributed by atoms with Crippen LogP contribution in [0.4, 0.5) is 18.9 Å². The lowest BCUT2D eigenvalue weighted by atomic mass is 10.2. The number of hydrogen-bond donors (Lipinski definition) is 1. The van der Waals surface area contributed by atoms with Crippen LogP contribution < -0.4 is 5.32 Å². The highest BCUT2D eigenvalue weighted by Crippen LogP contribution is 2.30. The van der Waals surface area contributed by atoms with Crippen molar-refractivity contribution in [2.75, 3.05) is 11.1 Å². The van der Waals surface area contributed by atoms with Crippen molar-refractivity contribution in [3.05, 3.63) is 41.3 Å². The minimum atomic E-state index is -4.37. The zero-order valence-electron chi connectivity index (χ0n) is 9.11. The Morgan fingerprint density at radius 2 is 1.78 bits per heavy atom. The van der Waals surface area contributed by atoms with Crippen LogP contribution in [0.1, 0.15) is 5.56 Å². The molecule has 1 unspecified atom stereocenters. The number of sulfone groups is 1. The van der Waals surface area contributed by atoms with E-state index in [0.29, 0.717) is 5.69 Å². The first-order valence-corrected chi connectivity index (χ1v) is 6.83. The lowest BCUT2D eigenvalue weighted by molar-refractivity contribution is -0.137. The van der Waals surface area contributed by atoms with Gasteiger partial charge in [0.05, 0.1) is 17.4 Å². The zero-order valence-corrected chi connectivity index (χ0v) is 9.92. The summed E-state index contributed by atoms with van der Waals surface area (Å²) < 4.78 is 59.2. The molecule has 98 valence electrons. The molecule has 18 heavy (non-hydrogen) atoms. The second-order valence-corrected chi connectivity index (χ2v) is 5.92. The zero-order chi connectivity index (χ0) is 13.4. The maximum absolute atomic E-state index is 12.3. The quantitative estimate of drug-likeness (QED) is 0.903. The first-order chi connectivity index (χ1) is 8.26. The molecule has 1 N–H and O–H groups in total. The second kappa shape index (κ2) is 4.31. The minimum absolute atomic E-state index is 0.0754. The fourth-order valence-electron chi connectivity index (χ4n) is 1.64. The van der Waals surface area contributed by atoms with Gasteiger partial charge in [0, 0.05) is 11.1 Å². The molecule has 2 rings (SSSR count). The minimum Gasteiger partial charge on any atom is -0.378 e. The first kappa shape index (κ1) is 12.9. The van der Waals surface area contributed by atoms with E-state index in [1.165, 1.54) is 18.2 Å². The molecular weight excluding hydrogens is 267 g/mol. The highest BCUT2D eigenvalue weighted by molar-refractivity contribution is 7.94. The molecule has 0 spiro atoms. The van der Waals surface area contributed by atoms with Gasteiger partial charge in [0.25, 0.3) is 0 Å². The average Bonchev–Trinajstić information content (AvgIpc) is 2.57. The number of halogens is 3. The summed E-state index contributed by atoms with van der Waals surface area (Å²) in [7, 11) is -3.17. The van der Waals surface area contributed by atoms with Crippen LogP contribution in [0.3, 0.4) is 0 Å². The molecule has 0 saturated heterocycles. The van der Waals surface area contributed by atoms with Crippen LogP contribution in [0, 0.1) is 0 Å². The summed E-state index contributed by atoms with van der Waals surface area (Å²) in [4.78, 5) is 0. The van der Waals surface area contributed by atoms with Crippen LogP contribution in [0.5, 0.6) is 0 Å². The highest BCUT2D eigenvalue weighted by Gasteiger charge is 2.30. The van der Waals surface area contributed by atoms with E-state index >= 15 is 0 Å². The molecule has 0 amide bonds. The van der Waals surface area contributed by atoms with E-state index in [1.807, 2.05) is 0 Å². The van der Waals surface area contributed by atoms with Gasteiger partial charge < -0.3 is 5.32 Å². The molecule has 0 bridgehead atoms. The van der Waals surface area contributed by atoms with Crippen molar-refractivity contribution in [2.24, 2.45) is 0 Å². The Labute approximate surface area is 102 Å². The van der Waals surface area contributed by atoms with Gasteiger partial charge in [0.15, 0.2) is 9.84 Å². The van der Waals surface area contributed by atoms with Gasteiger partial charge >= 0.3 is 6.18 Å². The Bertz CT molecular complexity index is 561. The fourth-order valence-corrected chi connectivity index (χ4v) is 2.87. The average molecular weight is 277 g/mol. The smallest absolute Gasteiger partial charge is 0.378 e. The number of nitrogens with one attached hydrogen (secondary N) is 1. The SMILES string of the molecule is O=S1(=O)C=CC(Nc2ccc(C(F)(F)F)cc2)C1. The van der Waals surface area contributed by atoms with E-state index < -0.39 is 27.6 Å². The molecule has 1 atom stereocenters. The number of rotatable bonds is 2. The summed E-state index contributed by atoms with van der Waals surface area (Å²) in [5, 5.41) is 3.95. The molecule has 1 aromatic rings. The van der Waals surface area contributed by atoms with Crippen molar-refractivity contribution < 1.29 is 21.6 Å². The second-order valence-electron chi connectivity index (χ2n) is 3.98. The van der Waals surface area contributed by atoms with Crippen molar-refractivity contribution in [1.82, 2.24) is 0 Å². The number of anilines is 1. The summed E-state index contributed by atoms with van der Waals surface area (Å²) in [5.74, 6) is -0.0754. The van der Waals surface area contributed by atoms with Crippen molar-refractivity contribution in [2.45, 2.75) is 12.2 Å². The van der Waals surface area contributed by atoms with E-state index in [9.17, 15) is 21.6 Å². The monoisotopic (exact) mass is 277 g/mol. The molecule has 0 aliphatic carbocycles. The molecule has 7 heteroatoms. The van der Waals surface area contributed by atoms with Gasteiger partial charge in [0.2, 0.25) is 0 Å². The van der Waals surface area contributed by atoms with Crippen LogP contribution in [0.2, 0.25) is 0 Å². The predicted octanol–water partition coefficient (Wildman–Crippen LogP) is 2.43. The van der Waals surface area contributed by atoms with E-state index in [4.69, 9.17) is 0 Å². The van der Waals surface area contributed by atoms with Crippen LogP contribution in [0.25, 0.3) is 0 Å². The Hall–Kier alpha value is -1.50. The van der Waals surface area contributed by atoms with Crippen LogP contribution in [-0.2, 0) is 16.0 Å². The van der Waals surface area contributed by atoms with Gasteiger partial charge in [-0.3, -0.25) is 0 Å². The van der Waals surface area contributed by atoms with Crippen molar-refractivity contribution in [1.29, 1.82) is 0 Å². The summed E-state index contributed by atoms with van der Waals surface area (Å²) >= 11 is 0. The third-order valence-electron chi connectivity index (χ3n) is 2.49. The first-order valence-electron chi connectivity index (χ1n) is 5.11. The molecule has 0 radical (unpaired) electrons. The topological polar surface area (TPSA) is 46.2 Å². The normalized spacial score (nSPS) is 22.1. The molecule has 0 fully saturated rings. The molecule has 1 heterocycles. The molecule has 3 nitrogen and oxygen atoms in total. The van der Waals surface area contributed by atoms with Crippen molar-refractivity contribution in [3.8, 4) is 0 Å². The van der Waals surface area contributed by atoms with E-state index in [2.05, 4.69) is 5.32 Å². The van der Waals surface area contributed by atoms with Gasteiger partial charge in [-0.2, -0.15) is 13.2 Å². The lowest BCUT2D eigenvalue weighted by Crippen LogP contribution is -2.20. The Morgan fingerprint density at radius 1 is 1.17 bits per heavy atom. The van der Waals surface area contributed by atoms with Gasteiger partial charge in [-0.1, -0.05) is 6.08 Å². The summed E-state index contributed by atoms with van der Waals surface area (Å²) in [6.07, 6.45) is -2.89. The number of alkyl halides is 3. The van der Waals surface area contributed by atoms with E-state index in [1.54, 1.807) is 0 Å². The van der Waals surface area contributed by atoms with E-state index in [-0.39, 0.29) is 5.75 Å². The van der Waals surface area contributed by atoms with Crippen LogP contribution >= 0.6 is 0 Å². The Kier molecular flexibility index (Phi) is 3.10. The number of benzene rings is 1. The largest absolute Gasteiger partial charge is 0.416 e. The summed E-state index contributed by atoms with van der Waals surface area (Å²) in [6, 6.07) is 4.07. The standard InChI is InChI=1S/C11H10F3NO2S/c12-11(13,14)8-1-3-9(4-2-8)15-10-5-6-18(16,17)7-10/h1-6,10,15H,7H2. The van der Waals surface area contributed by atoms with Gasteiger partial charge in [-0.05, 0) is 24.3 Å². The Balaban J connectivity index is 2.06. The van der Waals surface area contributed by atoms with Gasteiger partial charge in [-0.25, -0.2) is 8.42 Å². The summed E-state index contributed by atoms with van der Waals surface area (Å²) in [5.41, 5.74) is -0.280. The molecule has 1 aliphatic heterocycles. The lowest BCUT2D eigenvalue weighted by Gasteiger charge is -2.12. The Morgan fingerprint density at radius 3 is 2.22 bits per heavy atom. The third-order valence-corrected chi connectivity index (χ3v) is 3.89. The molecule has 1 aliphatic rings. The molecule has 1 aromatic carbocycles. The molecule has 0 saturated carbocycles.